The molecule has 0 radical (unpaired) electrons. The molecule has 1 aromatic carbocycles. The van der Waals surface area contributed by atoms with Crippen molar-refractivity contribution in [3.8, 4) is 0 Å². The number of carbonyl (C=O) groups excluding carboxylic acids is 1. The van der Waals surface area contributed by atoms with Crippen molar-refractivity contribution in [3.63, 3.8) is 0 Å². The maximum Gasteiger partial charge on any atom is 0.273 e. The molecule has 0 atom stereocenters. The van der Waals surface area contributed by atoms with Gasteiger partial charge in [0.2, 0.25) is 0 Å². The number of hydrogen-bond donors (Lipinski definition) is 2. The molecule has 0 aliphatic rings. The van der Waals surface area contributed by atoms with Gasteiger partial charge in [0.1, 0.15) is 6.26 Å². The smallest absolute Gasteiger partial charge is 0.273 e. The molecule has 3 N–H and O–H groups in total. The molecule has 5 nitrogen and oxygen atoms in total. The van der Waals surface area contributed by atoms with E-state index in [0.29, 0.717) is 24.4 Å². The third kappa shape index (κ3) is 3.39. The van der Waals surface area contributed by atoms with Crippen LogP contribution in [-0.2, 0) is 13.0 Å². The summed E-state index contributed by atoms with van der Waals surface area (Å²) in [5, 5.41) is 2.54. The number of nitrogens with two attached hydrogens (primary N) is 1. The fraction of sp³-hybridized carbons (Fsp3) is 0.231. The van der Waals surface area contributed by atoms with Gasteiger partial charge in [0.05, 0.1) is 0 Å². The maximum absolute atomic E-state index is 13.0. The summed E-state index contributed by atoms with van der Waals surface area (Å²) in [6, 6.07) is 3.42. The molecule has 0 aliphatic heterocycles. The van der Waals surface area contributed by atoms with E-state index in [9.17, 15) is 13.6 Å². The molecule has 106 valence electrons. The van der Waals surface area contributed by atoms with Crippen LogP contribution in [0.1, 0.15) is 21.9 Å². The molecular weight excluding hydrogens is 268 g/mol. The summed E-state index contributed by atoms with van der Waals surface area (Å²) in [4.78, 5) is 15.7. The number of oxazole rings is 1. The summed E-state index contributed by atoms with van der Waals surface area (Å²) in [6.07, 6.45) is 1.67. The molecule has 0 saturated heterocycles. The van der Waals surface area contributed by atoms with Crippen molar-refractivity contribution in [2.45, 2.75) is 13.0 Å². The number of rotatable bonds is 5. The molecule has 0 fully saturated rings. The van der Waals surface area contributed by atoms with E-state index in [0.717, 1.165) is 12.1 Å². The summed E-state index contributed by atoms with van der Waals surface area (Å²) in [5.74, 6) is -1.96. The first-order valence-electron chi connectivity index (χ1n) is 5.96. The van der Waals surface area contributed by atoms with Crippen LogP contribution in [-0.4, -0.2) is 17.4 Å². The lowest BCUT2D eigenvalue weighted by Crippen LogP contribution is -2.23. The van der Waals surface area contributed by atoms with Crippen molar-refractivity contribution >= 4 is 5.91 Å². The first-order chi connectivity index (χ1) is 9.60. The minimum absolute atomic E-state index is 0.0646. The Morgan fingerprint density at radius 2 is 2.15 bits per heavy atom. The van der Waals surface area contributed by atoms with Crippen molar-refractivity contribution in [1.82, 2.24) is 10.3 Å². The summed E-state index contributed by atoms with van der Waals surface area (Å²) >= 11 is 0. The summed E-state index contributed by atoms with van der Waals surface area (Å²) < 4.78 is 30.8. The zero-order valence-corrected chi connectivity index (χ0v) is 10.5. The average molecular weight is 281 g/mol. The Balaban J connectivity index is 1.95. The number of nitrogens with one attached hydrogen (secondary N) is 1. The molecule has 1 heterocycles. The highest BCUT2D eigenvalue weighted by atomic mass is 19.2. The molecule has 0 saturated carbocycles. The van der Waals surface area contributed by atoms with Crippen LogP contribution in [0.2, 0.25) is 0 Å². The Bertz CT molecular complexity index is 613. The van der Waals surface area contributed by atoms with Gasteiger partial charge < -0.3 is 15.5 Å². The van der Waals surface area contributed by atoms with Crippen molar-refractivity contribution in [2.75, 3.05) is 6.54 Å². The molecule has 1 aromatic heterocycles. The van der Waals surface area contributed by atoms with E-state index in [1.165, 1.54) is 12.3 Å². The minimum atomic E-state index is -0.955. The highest BCUT2D eigenvalue weighted by Crippen LogP contribution is 2.09. The molecule has 2 rings (SSSR count). The lowest BCUT2D eigenvalue weighted by molar-refractivity contribution is 0.0946. The van der Waals surface area contributed by atoms with Crippen LogP contribution >= 0.6 is 0 Å². The van der Waals surface area contributed by atoms with E-state index >= 15 is 0 Å². The van der Waals surface area contributed by atoms with E-state index in [4.69, 9.17) is 10.2 Å². The van der Waals surface area contributed by atoms with E-state index in [1.807, 2.05) is 0 Å². The first kappa shape index (κ1) is 14.1. The van der Waals surface area contributed by atoms with Gasteiger partial charge >= 0.3 is 0 Å². The van der Waals surface area contributed by atoms with Crippen LogP contribution in [0.5, 0.6) is 0 Å². The molecule has 20 heavy (non-hydrogen) atoms. The van der Waals surface area contributed by atoms with Crippen molar-refractivity contribution in [1.29, 1.82) is 0 Å². The second-order valence-corrected chi connectivity index (χ2v) is 4.10. The molecular formula is C13H13F2N3O2. The van der Waals surface area contributed by atoms with Gasteiger partial charge in [0, 0.05) is 19.5 Å². The van der Waals surface area contributed by atoms with Crippen LogP contribution in [0.25, 0.3) is 0 Å². The van der Waals surface area contributed by atoms with Gasteiger partial charge in [-0.05, 0) is 17.7 Å². The molecule has 0 bridgehead atoms. The minimum Gasteiger partial charge on any atom is -0.448 e. The molecule has 7 heteroatoms. The van der Waals surface area contributed by atoms with Crippen molar-refractivity contribution in [2.24, 2.45) is 5.73 Å². The third-order valence-electron chi connectivity index (χ3n) is 2.58. The molecule has 0 aliphatic carbocycles. The monoisotopic (exact) mass is 281 g/mol. The summed E-state index contributed by atoms with van der Waals surface area (Å²) in [7, 11) is 0. The van der Waals surface area contributed by atoms with E-state index < -0.39 is 17.5 Å². The van der Waals surface area contributed by atoms with Crippen LogP contribution in [0.15, 0.2) is 28.9 Å². The number of hydrogen-bond acceptors (Lipinski definition) is 4. The van der Waals surface area contributed by atoms with E-state index in [1.54, 1.807) is 0 Å². The Hall–Kier alpha value is -2.28. The van der Waals surface area contributed by atoms with Gasteiger partial charge in [-0.15, -0.1) is 0 Å². The zero-order chi connectivity index (χ0) is 14.5. The van der Waals surface area contributed by atoms with Gasteiger partial charge in [-0.1, -0.05) is 6.07 Å². The fourth-order valence-electron chi connectivity index (χ4n) is 1.58. The number of aromatic nitrogens is 1. The van der Waals surface area contributed by atoms with Crippen LogP contribution in [0.4, 0.5) is 8.78 Å². The molecule has 1 amide bonds. The highest BCUT2D eigenvalue weighted by molar-refractivity contribution is 5.91. The van der Waals surface area contributed by atoms with Gasteiger partial charge in [-0.3, -0.25) is 4.79 Å². The number of amides is 1. The Kier molecular flexibility index (Phi) is 4.41. The average Bonchev–Trinajstić information content (AvgIpc) is 2.89. The van der Waals surface area contributed by atoms with Crippen LogP contribution < -0.4 is 11.1 Å². The van der Waals surface area contributed by atoms with Gasteiger partial charge in [-0.25, -0.2) is 13.8 Å². The van der Waals surface area contributed by atoms with Gasteiger partial charge in [0.15, 0.2) is 23.2 Å². The Labute approximate surface area is 113 Å². The number of benzene rings is 1. The Morgan fingerprint density at radius 3 is 2.85 bits per heavy atom. The number of halogens is 2. The highest BCUT2D eigenvalue weighted by Gasteiger charge is 2.12. The van der Waals surface area contributed by atoms with Crippen LogP contribution in [0.3, 0.4) is 0 Å². The Morgan fingerprint density at radius 1 is 1.35 bits per heavy atom. The lowest BCUT2D eigenvalue weighted by atomic mass is 10.2. The van der Waals surface area contributed by atoms with E-state index in [-0.39, 0.29) is 12.2 Å². The lowest BCUT2D eigenvalue weighted by Gasteiger charge is -2.03. The zero-order valence-electron chi connectivity index (χ0n) is 10.5. The number of carbonyl (C=O) groups is 1. The van der Waals surface area contributed by atoms with Gasteiger partial charge in [-0.2, -0.15) is 0 Å². The largest absolute Gasteiger partial charge is 0.448 e. The quantitative estimate of drug-likeness (QED) is 0.867. The SMILES string of the molecule is NCCc1nc(C(=O)NCc2ccc(F)c(F)c2)co1. The van der Waals surface area contributed by atoms with Gasteiger partial charge in [0.25, 0.3) is 5.91 Å². The predicted octanol–water partition coefficient (Wildman–Crippen LogP) is 1.38. The normalized spacial score (nSPS) is 10.6. The molecule has 0 unspecified atom stereocenters. The summed E-state index contributed by atoms with van der Waals surface area (Å²) in [6.45, 7) is 0.436. The maximum atomic E-state index is 13.0. The number of nitrogens with zero attached hydrogens (tertiary/aromatic N) is 1. The first-order valence-corrected chi connectivity index (χ1v) is 5.96. The second-order valence-electron chi connectivity index (χ2n) is 4.10. The van der Waals surface area contributed by atoms with Crippen molar-refractivity contribution < 1.29 is 18.0 Å². The predicted molar refractivity (Wildman–Crippen MR) is 66.8 cm³/mol. The fourth-order valence-corrected chi connectivity index (χ4v) is 1.58. The summed E-state index contributed by atoms with van der Waals surface area (Å²) in [5.41, 5.74) is 5.91. The standard InChI is InChI=1S/C13H13F2N3O2/c14-9-2-1-8(5-10(9)15)6-17-13(19)11-7-20-12(18-11)3-4-16/h1-2,5,7H,3-4,6,16H2,(H,17,19). The second kappa shape index (κ2) is 6.25. The van der Waals surface area contributed by atoms with E-state index in [2.05, 4.69) is 10.3 Å². The molecule has 0 spiro atoms. The third-order valence-corrected chi connectivity index (χ3v) is 2.58. The topological polar surface area (TPSA) is 81.1 Å². The van der Waals surface area contributed by atoms with Crippen LogP contribution in [0, 0.1) is 11.6 Å². The molecule has 2 aromatic rings. The van der Waals surface area contributed by atoms with Crippen molar-refractivity contribution in [3.05, 3.63) is 53.2 Å².